The molecule has 0 aliphatic carbocycles. The normalized spacial score (nSPS) is 12.1. The molecular formula is C22H21F4N3O3. The van der Waals surface area contributed by atoms with E-state index in [0.29, 0.717) is 0 Å². The fourth-order valence-corrected chi connectivity index (χ4v) is 2.73. The minimum atomic E-state index is -3.12. The molecular weight excluding hydrogens is 430 g/mol. The van der Waals surface area contributed by atoms with Crippen LogP contribution in [0.3, 0.4) is 0 Å². The predicted molar refractivity (Wildman–Crippen MR) is 112 cm³/mol. The molecule has 6 nitrogen and oxygen atoms in total. The molecule has 10 heteroatoms. The summed E-state index contributed by atoms with van der Waals surface area (Å²) in [6, 6.07) is 10.2. The van der Waals surface area contributed by atoms with Gasteiger partial charge in [0.25, 0.3) is 11.8 Å². The lowest BCUT2D eigenvalue weighted by Gasteiger charge is -2.16. The van der Waals surface area contributed by atoms with E-state index < -0.39 is 24.2 Å². The summed E-state index contributed by atoms with van der Waals surface area (Å²) in [6.45, 7) is 0.181. The lowest BCUT2D eigenvalue weighted by atomic mass is 10.0. The van der Waals surface area contributed by atoms with Crippen LogP contribution < -0.4 is 15.4 Å². The molecule has 2 aromatic carbocycles. The van der Waals surface area contributed by atoms with Crippen LogP contribution in [0, 0.1) is 5.41 Å². The highest BCUT2D eigenvalue weighted by molar-refractivity contribution is 6.27. The molecule has 0 unspecified atom stereocenters. The molecule has 0 aliphatic heterocycles. The molecule has 2 rings (SSSR count). The molecule has 1 amide bonds. The van der Waals surface area contributed by atoms with Crippen molar-refractivity contribution < 1.29 is 31.9 Å². The van der Waals surface area contributed by atoms with Gasteiger partial charge in [0.15, 0.2) is 5.78 Å². The molecule has 3 N–H and O–H groups in total. The van der Waals surface area contributed by atoms with Gasteiger partial charge in [-0.25, -0.2) is 8.78 Å². The van der Waals surface area contributed by atoms with Crippen molar-refractivity contribution in [3.8, 4) is 5.75 Å². The Morgan fingerprint density at radius 1 is 1.00 bits per heavy atom. The quantitative estimate of drug-likeness (QED) is 0.273. The molecule has 0 heterocycles. The van der Waals surface area contributed by atoms with Crippen molar-refractivity contribution in [2.24, 2.45) is 0 Å². The minimum Gasteiger partial charge on any atom is -0.435 e. The first kappa shape index (κ1) is 24.6. The van der Waals surface area contributed by atoms with E-state index in [2.05, 4.69) is 15.4 Å². The van der Waals surface area contributed by atoms with Gasteiger partial charge >= 0.3 is 6.61 Å². The number of hydrogen-bond donors (Lipinski definition) is 3. The Balaban J connectivity index is 2.36. The Morgan fingerprint density at radius 3 is 2.12 bits per heavy atom. The molecule has 32 heavy (non-hydrogen) atoms. The highest BCUT2D eigenvalue weighted by Gasteiger charge is 2.25. The topological polar surface area (TPSA) is 91.3 Å². The number of rotatable bonds is 9. The van der Waals surface area contributed by atoms with Gasteiger partial charge in [-0.15, -0.1) is 0 Å². The number of amides is 1. The van der Waals surface area contributed by atoms with Gasteiger partial charge in [-0.3, -0.25) is 9.59 Å². The third kappa shape index (κ3) is 6.66. The van der Waals surface area contributed by atoms with Crippen LogP contribution in [0.5, 0.6) is 5.75 Å². The monoisotopic (exact) mass is 451 g/mol. The zero-order valence-electron chi connectivity index (χ0n) is 17.4. The second kappa shape index (κ2) is 10.1. The van der Waals surface area contributed by atoms with Gasteiger partial charge in [-0.1, -0.05) is 12.1 Å². The molecule has 2 aromatic rings. The zero-order valence-corrected chi connectivity index (χ0v) is 17.4. The number of alkyl halides is 4. The molecule has 0 aromatic heterocycles. The first-order valence-electron chi connectivity index (χ1n) is 9.31. The number of hydrogen-bond acceptors (Lipinski definition) is 5. The van der Waals surface area contributed by atoms with Crippen molar-refractivity contribution in [2.45, 2.75) is 33.3 Å². The number of carbonyl (C=O) groups excluding carboxylic acids is 2. The maximum atomic E-state index is 13.6. The van der Waals surface area contributed by atoms with Crippen LogP contribution in [-0.4, -0.2) is 24.0 Å². The maximum Gasteiger partial charge on any atom is 0.387 e. The summed E-state index contributed by atoms with van der Waals surface area (Å²) >= 11 is 0. The van der Waals surface area contributed by atoms with Crippen LogP contribution in [0.25, 0.3) is 0 Å². The summed E-state index contributed by atoms with van der Waals surface area (Å²) in [6.07, 6.45) is 0. The Morgan fingerprint density at radius 2 is 1.62 bits per heavy atom. The van der Waals surface area contributed by atoms with E-state index in [9.17, 15) is 27.2 Å². The maximum absolute atomic E-state index is 13.6. The van der Waals surface area contributed by atoms with Crippen LogP contribution in [0.1, 0.15) is 26.3 Å². The molecule has 0 aliphatic rings. The molecule has 0 saturated heterocycles. The Kier molecular flexibility index (Phi) is 7.74. The molecule has 0 saturated carbocycles. The molecule has 0 radical (unpaired) electrons. The molecule has 0 bridgehead atoms. The zero-order chi connectivity index (χ0) is 24.1. The first-order chi connectivity index (χ1) is 14.9. The summed E-state index contributed by atoms with van der Waals surface area (Å²) in [4.78, 5) is 25.1. The van der Waals surface area contributed by atoms with E-state index in [1.807, 2.05) is 0 Å². The highest BCUT2D eigenvalue weighted by Crippen LogP contribution is 2.29. The number of halogens is 4. The standard InChI is InChI=1S/C22H21F4N3O3/c1-12(27)18(20(31)29-16-6-4-5-14(11-16)22(3,25)26)19(13(2)30)28-15-7-9-17(10-8-15)32-21(23)24/h4-11,21,27-28H,1-3H3,(H,29,31)/b19-18+,27-12?. The Bertz CT molecular complexity index is 1050. The fraction of sp³-hybridized carbons (Fsp3) is 0.227. The van der Waals surface area contributed by atoms with Crippen LogP contribution >= 0.6 is 0 Å². The van der Waals surface area contributed by atoms with Crippen LogP contribution in [0.2, 0.25) is 0 Å². The number of ketones is 1. The first-order valence-corrected chi connectivity index (χ1v) is 9.31. The average molecular weight is 451 g/mol. The molecule has 0 spiro atoms. The third-order valence-corrected chi connectivity index (χ3v) is 4.18. The van der Waals surface area contributed by atoms with Gasteiger partial charge < -0.3 is 20.8 Å². The number of carbonyl (C=O) groups is 2. The van der Waals surface area contributed by atoms with Gasteiger partial charge in [-0.05, 0) is 43.3 Å². The van der Waals surface area contributed by atoms with E-state index in [4.69, 9.17) is 5.41 Å². The largest absolute Gasteiger partial charge is 0.435 e. The van der Waals surface area contributed by atoms with E-state index in [-0.39, 0.29) is 39.7 Å². The van der Waals surface area contributed by atoms with Gasteiger partial charge in [0, 0.05) is 36.5 Å². The van der Waals surface area contributed by atoms with Crippen molar-refractivity contribution in [2.75, 3.05) is 10.6 Å². The molecule has 0 fully saturated rings. The van der Waals surface area contributed by atoms with Crippen molar-refractivity contribution in [3.63, 3.8) is 0 Å². The van der Waals surface area contributed by atoms with Gasteiger partial charge in [0.2, 0.25) is 0 Å². The van der Waals surface area contributed by atoms with Crippen LogP contribution in [-0.2, 0) is 15.5 Å². The molecule has 0 atom stereocenters. The van der Waals surface area contributed by atoms with E-state index in [0.717, 1.165) is 13.0 Å². The van der Waals surface area contributed by atoms with E-state index >= 15 is 0 Å². The number of ether oxygens (including phenoxy) is 1. The smallest absolute Gasteiger partial charge is 0.387 e. The summed E-state index contributed by atoms with van der Waals surface area (Å²) in [5, 5.41) is 13.1. The number of anilines is 2. The SMILES string of the molecule is CC(=N)/C(C(=O)Nc1cccc(C(C)(F)F)c1)=C(\Nc1ccc(OC(F)F)cc1)C(C)=O. The molecule has 170 valence electrons. The lowest BCUT2D eigenvalue weighted by molar-refractivity contribution is -0.115. The summed E-state index contributed by atoms with van der Waals surface area (Å²) in [5.41, 5.74) is -0.771. The van der Waals surface area contributed by atoms with Crippen molar-refractivity contribution in [1.82, 2.24) is 0 Å². The van der Waals surface area contributed by atoms with Gasteiger partial charge in [0.05, 0.1) is 11.3 Å². The Labute approximate surface area is 181 Å². The number of Topliss-reactive ketones (excluding diaryl/α,β-unsaturated/α-hetero) is 1. The van der Waals surface area contributed by atoms with Crippen LogP contribution in [0.4, 0.5) is 28.9 Å². The summed E-state index contributed by atoms with van der Waals surface area (Å²) in [5.74, 6) is -4.66. The lowest BCUT2D eigenvalue weighted by Crippen LogP contribution is -2.25. The van der Waals surface area contributed by atoms with E-state index in [1.54, 1.807) is 0 Å². The number of allylic oxidation sites excluding steroid dienone is 1. The van der Waals surface area contributed by atoms with Crippen molar-refractivity contribution in [3.05, 3.63) is 65.4 Å². The summed E-state index contributed by atoms with van der Waals surface area (Å²) in [7, 11) is 0. The summed E-state index contributed by atoms with van der Waals surface area (Å²) < 4.78 is 56.0. The van der Waals surface area contributed by atoms with Crippen molar-refractivity contribution >= 4 is 28.8 Å². The van der Waals surface area contributed by atoms with E-state index in [1.165, 1.54) is 56.3 Å². The second-order valence-electron chi connectivity index (χ2n) is 6.88. The minimum absolute atomic E-state index is 0.0594. The Hall–Kier alpha value is -3.69. The highest BCUT2D eigenvalue weighted by atomic mass is 19.3. The average Bonchev–Trinajstić information content (AvgIpc) is 2.67. The van der Waals surface area contributed by atoms with Gasteiger partial charge in [-0.2, -0.15) is 8.78 Å². The number of benzene rings is 2. The predicted octanol–water partition coefficient (Wildman–Crippen LogP) is 5.33. The van der Waals surface area contributed by atoms with Crippen molar-refractivity contribution in [1.29, 1.82) is 5.41 Å². The third-order valence-electron chi connectivity index (χ3n) is 4.18. The fourth-order valence-electron chi connectivity index (χ4n) is 2.73. The van der Waals surface area contributed by atoms with Crippen LogP contribution in [0.15, 0.2) is 59.8 Å². The second-order valence-corrected chi connectivity index (χ2v) is 6.88. The number of nitrogens with one attached hydrogen (secondary N) is 3. The van der Waals surface area contributed by atoms with Gasteiger partial charge in [0.1, 0.15) is 5.75 Å².